The van der Waals surface area contributed by atoms with Crippen molar-refractivity contribution in [2.75, 3.05) is 19.8 Å². The van der Waals surface area contributed by atoms with E-state index in [1.54, 1.807) is 13.8 Å². The fourth-order valence-corrected chi connectivity index (χ4v) is 4.85. The number of aryl methyl sites for hydroxylation is 1. The summed E-state index contributed by atoms with van der Waals surface area (Å²) in [5.74, 6) is -1.21. The molecule has 3 N–H and O–H groups in total. The summed E-state index contributed by atoms with van der Waals surface area (Å²) in [7, 11) is 0. The molecule has 0 saturated heterocycles. The second-order valence-electron chi connectivity index (χ2n) is 9.99. The summed E-state index contributed by atoms with van der Waals surface area (Å²) in [6.45, 7) is 4.21. The number of unbranched alkanes of at least 4 members (excludes halogenated alkanes) is 2. The Morgan fingerprint density at radius 3 is 2.37 bits per heavy atom. The lowest BCUT2D eigenvalue weighted by atomic mass is 9.93. The Labute approximate surface area is 240 Å². The number of rotatable bonds is 16. The molecule has 1 heterocycles. The number of hydrogen-bond acceptors (Lipinski definition) is 10. The molecule has 0 aromatic heterocycles. The molecule has 0 saturated carbocycles. The second-order valence-corrected chi connectivity index (χ2v) is 9.99. The third-order valence-electron chi connectivity index (χ3n) is 7.00. The van der Waals surface area contributed by atoms with Crippen LogP contribution < -0.4 is 5.32 Å². The topological polar surface area (TPSA) is 138 Å². The standard InChI is InChI=1S/C30H41N3O8/c1-3-39-29(35)26(17-16-23-12-6-4-7-13-23)31-22(2)28(34)32-21-25-15-9-8-14-24(25)20-27(32)30(36)40-18-10-5-11-19-41-33(37)38/h4,6-9,12-15,22,26-27,31,37-38H,3,5,10-11,16-21H2,1-2H3. The molecule has 0 bridgehead atoms. The average Bonchev–Trinajstić information content (AvgIpc) is 2.97. The summed E-state index contributed by atoms with van der Waals surface area (Å²) in [6.07, 6.45) is 3.18. The summed E-state index contributed by atoms with van der Waals surface area (Å²) in [5, 5.41) is 20.0. The van der Waals surface area contributed by atoms with Gasteiger partial charge < -0.3 is 14.4 Å². The number of benzene rings is 2. The molecule has 1 aliphatic heterocycles. The van der Waals surface area contributed by atoms with Gasteiger partial charge in [0.1, 0.15) is 12.1 Å². The molecular formula is C30H41N3O8. The smallest absolute Gasteiger partial charge is 0.329 e. The maximum Gasteiger partial charge on any atom is 0.329 e. The molecule has 2 aromatic rings. The SMILES string of the molecule is CCOC(=O)C(CCc1ccccc1)NC(C)C(=O)N1Cc2ccccc2CC1C(=O)OCCCCCON(O)O. The zero-order valence-electron chi connectivity index (χ0n) is 23.7. The summed E-state index contributed by atoms with van der Waals surface area (Å²) >= 11 is 0. The van der Waals surface area contributed by atoms with Crippen molar-refractivity contribution in [3.8, 4) is 0 Å². The quantitative estimate of drug-likeness (QED) is 0.156. The molecule has 1 aliphatic rings. The van der Waals surface area contributed by atoms with Crippen molar-refractivity contribution in [2.45, 2.75) is 77.0 Å². The zero-order chi connectivity index (χ0) is 29.6. The van der Waals surface area contributed by atoms with Gasteiger partial charge in [0.25, 0.3) is 0 Å². The normalized spacial score (nSPS) is 16.1. The van der Waals surface area contributed by atoms with E-state index in [-0.39, 0.29) is 37.7 Å². The molecule has 11 heteroatoms. The van der Waals surface area contributed by atoms with Gasteiger partial charge in [-0.2, -0.15) is 0 Å². The Kier molecular flexibility index (Phi) is 13.2. The minimum Gasteiger partial charge on any atom is -0.465 e. The summed E-state index contributed by atoms with van der Waals surface area (Å²) in [4.78, 5) is 45.8. The first-order valence-corrected chi connectivity index (χ1v) is 14.1. The molecule has 0 fully saturated rings. The van der Waals surface area contributed by atoms with E-state index in [2.05, 4.69) is 10.2 Å². The van der Waals surface area contributed by atoms with Crippen LogP contribution in [0.5, 0.6) is 0 Å². The van der Waals surface area contributed by atoms with E-state index < -0.39 is 30.1 Å². The molecule has 1 amide bonds. The fraction of sp³-hybridized carbons (Fsp3) is 0.500. The number of esters is 2. The summed E-state index contributed by atoms with van der Waals surface area (Å²) in [5.41, 5.74) is 3.03. The molecule has 41 heavy (non-hydrogen) atoms. The van der Waals surface area contributed by atoms with Crippen molar-refractivity contribution < 1.29 is 39.1 Å². The molecule has 11 nitrogen and oxygen atoms in total. The third kappa shape index (κ3) is 10.2. The van der Waals surface area contributed by atoms with Gasteiger partial charge in [0, 0.05) is 13.0 Å². The first-order valence-electron chi connectivity index (χ1n) is 14.1. The van der Waals surface area contributed by atoms with E-state index in [1.807, 2.05) is 54.6 Å². The lowest BCUT2D eigenvalue weighted by Gasteiger charge is -2.37. The molecule has 224 valence electrons. The van der Waals surface area contributed by atoms with Crippen LogP contribution in [0.1, 0.15) is 56.2 Å². The van der Waals surface area contributed by atoms with Gasteiger partial charge in [-0.15, -0.1) is 0 Å². The van der Waals surface area contributed by atoms with Crippen LogP contribution in [0.3, 0.4) is 0 Å². The summed E-state index contributed by atoms with van der Waals surface area (Å²) in [6, 6.07) is 15.3. The lowest BCUT2D eigenvalue weighted by molar-refractivity contribution is -0.492. The molecular weight excluding hydrogens is 530 g/mol. The predicted octanol–water partition coefficient (Wildman–Crippen LogP) is 3.21. The Balaban J connectivity index is 1.65. The highest BCUT2D eigenvalue weighted by Crippen LogP contribution is 2.25. The summed E-state index contributed by atoms with van der Waals surface area (Å²) < 4.78 is 10.8. The van der Waals surface area contributed by atoms with Crippen molar-refractivity contribution in [3.05, 3.63) is 71.3 Å². The Hall–Kier alpha value is -3.35. The predicted molar refractivity (Wildman–Crippen MR) is 148 cm³/mol. The lowest BCUT2D eigenvalue weighted by Crippen LogP contribution is -2.56. The number of nitrogens with one attached hydrogen (secondary N) is 1. The third-order valence-corrected chi connectivity index (χ3v) is 7.00. The molecule has 2 aromatic carbocycles. The van der Waals surface area contributed by atoms with Gasteiger partial charge in [0.15, 0.2) is 0 Å². The van der Waals surface area contributed by atoms with Gasteiger partial charge in [-0.1, -0.05) is 54.6 Å². The maximum absolute atomic E-state index is 13.8. The van der Waals surface area contributed by atoms with Gasteiger partial charge in [0.2, 0.25) is 5.91 Å². The Bertz CT molecular complexity index is 1110. The average molecular weight is 572 g/mol. The minimum absolute atomic E-state index is 0.117. The number of carbonyl (C=O) groups is 3. The van der Waals surface area contributed by atoms with Crippen LogP contribution in [0.25, 0.3) is 0 Å². The van der Waals surface area contributed by atoms with Crippen LogP contribution in [0.15, 0.2) is 54.6 Å². The van der Waals surface area contributed by atoms with Crippen molar-refractivity contribution >= 4 is 17.8 Å². The maximum atomic E-state index is 13.8. The highest BCUT2D eigenvalue weighted by atomic mass is 17.1. The number of ether oxygens (including phenoxy) is 2. The number of carbonyl (C=O) groups excluding carboxylic acids is 3. The van der Waals surface area contributed by atoms with E-state index >= 15 is 0 Å². The molecule has 0 radical (unpaired) electrons. The zero-order valence-corrected chi connectivity index (χ0v) is 23.7. The van der Waals surface area contributed by atoms with Crippen molar-refractivity contribution in [1.82, 2.24) is 15.6 Å². The van der Waals surface area contributed by atoms with Crippen LogP contribution in [0.2, 0.25) is 0 Å². The van der Waals surface area contributed by atoms with Crippen molar-refractivity contribution in [2.24, 2.45) is 0 Å². The van der Waals surface area contributed by atoms with Crippen LogP contribution >= 0.6 is 0 Å². The van der Waals surface area contributed by atoms with Gasteiger partial charge in [-0.25, -0.2) is 4.79 Å². The molecule has 0 spiro atoms. The van der Waals surface area contributed by atoms with E-state index in [1.165, 1.54) is 4.90 Å². The van der Waals surface area contributed by atoms with Crippen LogP contribution in [0, 0.1) is 0 Å². The van der Waals surface area contributed by atoms with Crippen LogP contribution in [-0.4, -0.2) is 76.5 Å². The number of hydrogen-bond donors (Lipinski definition) is 3. The molecule has 3 rings (SSSR count). The van der Waals surface area contributed by atoms with E-state index in [0.29, 0.717) is 38.5 Å². The van der Waals surface area contributed by atoms with Gasteiger partial charge >= 0.3 is 11.9 Å². The Morgan fingerprint density at radius 2 is 1.66 bits per heavy atom. The van der Waals surface area contributed by atoms with Crippen LogP contribution in [-0.2, 0) is 48.1 Å². The van der Waals surface area contributed by atoms with Gasteiger partial charge in [-0.3, -0.25) is 30.2 Å². The highest BCUT2D eigenvalue weighted by molar-refractivity contribution is 5.89. The van der Waals surface area contributed by atoms with Gasteiger partial charge in [0.05, 0.1) is 31.3 Å². The van der Waals surface area contributed by atoms with E-state index in [9.17, 15) is 14.4 Å². The van der Waals surface area contributed by atoms with E-state index in [4.69, 9.17) is 19.9 Å². The Morgan fingerprint density at radius 1 is 0.976 bits per heavy atom. The molecule has 3 unspecified atom stereocenters. The first-order chi connectivity index (χ1) is 19.8. The number of fused-ring (bicyclic) bond motifs is 1. The van der Waals surface area contributed by atoms with E-state index in [0.717, 1.165) is 16.7 Å². The van der Waals surface area contributed by atoms with Crippen molar-refractivity contribution in [3.63, 3.8) is 0 Å². The largest absolute Gasteiger partial charge is 0.465 e. The first kappa shape index (κ1) is 32.2. The minimum atomic E-state index is -0.798. The number of nitrogens with zero attached hydrogens (tertiary/aromatic N) is 2. The second kappa shape index (κ2) is 16.8. The fourth-order valence-electron chi connectivity index (χ4n) is 4.85. The van der Waals surface area contributed by atoms with Gasteiger partial charge in [-0.05, 0) is 62.6 Å². The monoisotopic (exact) mass is 571 g/mol. The molecule has 0 aliphatic carbocycles. The van der Waals surface area contributed by atoms with Crippen molar-refractivity contribution in [1.29, 1.82) is 0 Å². The van der Waals surface area contributed by atoms with Crippen LogP contribution in [0.4, 0.5) is 0 Å². The number of amides is 1. The highest BCUT2D eigenvalue weighted by Gasteiger charge is 2.38. The molecule has 3 atom stereocenters.